The summed E-state index contributed by atoms with van der Waals surface area (Å²) in [6, 6.07) is 6.46. The van der Waals surface area contributed by atoms with E-state index in [2.05, 4.69) is 5.32 Å². The zero-order valence-corrected chi connectivity index (χ0v) is 10.1. The zero-order chi connectivity index (χ0) is 13.0. The van der Waals surface area contributed by atoms with Gasteiger partial charge in [-0.15, -0.1) is 0 Å². The SMILES string of the molecule is N#Cc1cc(NCC2CCCC2)ccc1[N+](=O)[O-]. The average Bonchev–Trinajstić information content (AvgIpc) is 2.88. The van der Waals surface area contributed by atoms with Gasteiger partial charge in [-0.25, -0.2) is 0 Å². The Labute approximate surface area is 106 Å². The van der Waals surface area contributed by atoms with Crippen LogP contribution in [0.3, 0.4) is 0 Å². The van der Waals surface area contributed by atoms with Crippen LogP contribution in [0.5, 0.6) is 0 Å². The highest BCUT2D eigenvalue weighted by molar-refractivity contribution is 5.58. The number of hydrogen-bond acceptors (Lipinski definition) is 4. The molecule has 0 radical (unpaired) electrons. The molecule has 0 bridgehead atoms. The molecule has 0 unspecified atom stereocenters. The van der Waals surface area contributed by atoms with Crippen molar-refractivity contribution in [1.82, 2.24) is 0 Å². The molecule has 0 saturated heterocycles. The molecule has 18 heavy (non-hydrogen) atoms. The minimum atomic E-state index is -0.528. The van der Waals surface area contributed by atoms with E-state index in [-0.39, 0.29) is 11.3 Å². The van der Waals surface area contributed by atoms with Crippen molar-refractivity contribution in [2.24, 2.45) is 5.92 Å². The average molecular weight is 245 g/mol. The molecule has 0 atom stereocenters. The molecule has 5 heteroatoms. The first-order valence-corrected chi connectivity index (χ1v) is 6.13. The van der Waals surface area contributed by atoms with E-state index >= 15 is 0 Å². The maximum atomic E-state index is 10.7. The van der Waals surface area contributed by atoms with E-state index in [4.69, 9.17) is 5.26 Å². The van der Waals surface area contributed by atoms with Crippen LogP contribution in [-0.4, -0.2) is 11.5 Å². The number of benzene rings is 1. The lowest BCUT2D eigenvalue weighted by atomic mass is 10.1. The van der Waals surface area contributed by atoms with Crippen LogP contribution < -0.4 is 5.32 Å². The van der Waals surface area contributed by atoms with Crippen molar-refractivity contribution < 1.29 is 4.92 Å². The molecular weight excluding hydrogens is 230 g/mol. The number of nitro groups is 1. The molecule has 1 fully saturated rings. The Morgan fingerprint density at radius 1 is 1.44 bits per heavy atom. The fourth-order valence-electron chi connectivity index (χ4n) is 2.37. The topological polar surface area (TPSA) is 79.0 Å². The van der Waals surface area contributed by atoms with Gasteiger partial charge in [-0.3, -0.25) is 10.1 Å². The molecule has 1 aromatic carbocycles. The number of nitro benzene ring substituents is 1. The normalized spacial score (nSPS) is 15.3. The quantitative estimate of drug-likeness (QED) is 0.653. The molecule has 2 rings (SSSR count). The molecule has 0 aliphatic heterocycles. The molecule has 94 valence electrons. The van der Waals surface area contributed by atoms with E-state index in [1.807, 2.05) is 6.07 Å². The lowest BCUT2D eigenvalue weighted by Gasteiger charge is -2.11. The summed E-state index contributed by atoms with van der Waals surface area (Å²) in [5, 5.41) is 22.8. The van der Waals surface area contributed by atoms with Gasteiger partial charge in [0, 0.05) is 18.3 Å². The highest BCUT2D eigenvalue weighted by Gasteiger charge is 2.16. The van der Waals surface area contributed by atoms with Crippen LogP contribution >= 0.6 is 0 Å². The molecule has 0 spiro atoms. The zero-order valence-electron chi connectivity index (χ0n) is 10.1. The Kier molecular flexibility index (Phi) is 3.78. The number of rotatable bonds is 4. The fraction of sp³-hybridized carbons (Fsp3) is 0.462. The highest BCUT2D eigenvalue weighted by Crippen LogP contribution is 2.26. The summed E-state index contributed by atoms with van der Waals surface area (Å²) in [6.45, 7) is 0.878. The van der Waals surface area contributed by atoms with E-state index in [0.717, 1.165) is 12.2 Å². The minimum Gasteiger partial charge on any atom is -0.385 e. The second-order valence-corrected chi connectivity index (χ2v) is 4.63. The first kappa shape index (κ1) is 12.4. The van der Waals surface area contributed by atoms with Gasteiger partial charge in [0.15, 0.2) is 0 Å². The van der Waals surface area contributed by atoms with Crippen molar-refractivity contribution in [3.8, 4) is 6.07 Å². The molecule has 1 saturated carbocycles. The third-order valence-corrected chi connectivity index (χ3v) is 3.38. The van der Waals surface area contributed by atoms with Crippen molar-refractivity contribution in [3.63, 3.8) is 0 Å². The van der Waals surface area contributed by atoms with Crippen LogP contribution in [0.4, 0.5) is 11.4 Å². The van der Waals surface area contributed by atoms with Crippen molar-refractivity contribution in [2.45, 2.75) is 25.7 Å². The largest absolute Gasteiger partial charge is 0.385 e. The molecule has 5 nitrogen and oxygen atoms in total. The Morgan fingerprint density at radius 3 is 2.78 bits per heavy atom. The number of anilines is 1. The van der Waals surface area contributed by atoms with Gasteiger partial charge in [0.05, 0.1) is 4.92 Å². The van der Waals surface area contributed by atoms with Crippen LogP contribution in [0.25, 0.3) is 0 Å². The van der Waals surface area contributed by atoms with E-state index in [9.17, 15) is 10.1 Å². The lowest BCUT2D eigenvalue weighted by Crippen LogP contribution is -2.11. The van der Waals surface area contributed by atoms with Crippen LogP contribution in [0.15, 0.2) is 18.2 Å². The van der Waals surface area contributed by atoms with Gasteiger partial charge >= 0.3 is 0 Å². The number of hydrogen-bond donors (Lipinski definition) is 1. The Balaban J connectivity index is 2.05. The standard InChI is InChI=1S/C13H15N3O2/c14-8-11-7-12(5-6-13(11)16(17)18)15-9-10-3-1-2-4-10/h5-7,10,15H,1-4,9H2. The van der Waals surface area contributed by atoms with Gasteiger partial charge in [0.1, 0.15) is 11.6 Å². The molecule has 1 aromatic rings. The van der Waals surface area contributed by atoms with Gasteiger partial charge < -0.3 is 5.32 Å². The summed E-state index contributed by atoms with van der Waals surface area (Å²) in [7, 11) is 0. The second kappa shape index (κ2) is 5.50. The first-order chi connectivity index (χ1) is 8.70. The maximum Gasteiger partial charge on any atom is 0.287 e. The summed E-state index contributed by atoms with van der Waals surface area (Å²) in [5.41, 5.74) is 0.754. The predicted molar refractivity (Wildman–Crippen MR) is 68.3 cm³/mol. The van der Waals surface area contributed by atoms with Gasteiger partial charge in [-0.1, -0.05) is 12.8 Å². The molecule has 1 aliphatic carbocycles. The first-order valence-electron chi connectivity index (χ1n) is 6.13. The van der Waals surface area contributed by atoms with Crippen LogP contribution in [0.2, 0.25) is 0 Å². The summed E-state index contributed by atoms with van der Waals surface area (Å²) < 4.78 is 0. The third kappa shape index (κ3) is 2.77. The summed E-state index contributed by atoms with van der Waals surface area (Å²) in [4.78, 5) is 10.2. The molecule has 0 aromatic heterocycles. The van der Waals surface area contributed by atoms with Gasteiger partial charge in [0.25, 0.3) is 5.69 Å². The van der Waals surface area contributed by atoms with E-state index < -0.39 is 4.92 Å². The second-order valence-electron chi connectivity index (χ2n) is 4.63. The van der Waals surface area contributed by atoms with Crippen molar-refractivity contribution in [2.75, 3.05) is 11.9 Å². The number of nitriles is 1. The third-order valence-electron chi connectivity index (χ3n) is 3.38. The molecule has 1 N–H and O–H groups in total. The van der Waals surface area contributed by atoms with Crippen LogP contribution in [-0.2, 0) is 0 Å². The number of nitrogens with zero attached hydrogens (tertiary/aromatic N) is 2. The minimum absolute atomic E-state index is 0.108. The van der Waals surface area contributed by atoms with Crippen LogP contribution in [0, 0.1) is 27.4 Å². The van der Waals surface area contributed by atoms with Gasteiger partial charge in [0.2, 0.25) is 0 Å². The smallest absolute Gasteiger partial charge is 0.287 e. The molecule has 0 amide bonds. The van der Waals surface area contributed by atoms with Crippen molar-refractivity contribution >= 4 is 11.4 Å². The van der Waals surface area contributed by atoms with E-state index in [1.54, 1.807) is 12.1 Å². The lowest BCUT2D eigenvalue weighted by molar-refractivity contribution is -0.385. The van der Waals surface area contributed by atoms with Crippen molar-refractivity contribution in [1.29, 1.82) is 5.26 Å². The van der Waals surface area contributed by atoms with Gasteiger partial charge in [-0.2, -0.15) is 5.26 Å². The monoisotopic (exact) mass is 245 g/mol. The Bertz CT molecular complexity index is 487. The van der Waals surface area contributed by atoms with E-state index in [1.165, 1.54) is 31.7 Å². The van der Waals surface area contributed by atoms with Crippen LogP contribution in [0.1, 0.15) is 31.2 Å². The summed E-state index contributed by atoms with van der Waals surface area (Å²) >= 11 is 0. The van der Waals surface area contributed by atoms with Crippen molar-refractivity contribution in [3.05, 3.63) is 33.9 Å². The molecular formula is C13H15N3O2. The molecule has 1 aliphatic rings. The molecule has 0 heterocycles. The maximum absolute atomic E-state index is 10.7. The Morgan fingerprint density at radius 2 is 2.17 bits per heavy atom. The van der Waals surface area contributed by atoms with E-state index in [0.29, 0.717) is 5.92 Å². The number of nitrogens with one attached hydrogen (secondary N) is 1. The predicted octanol–water partition coefficient (Wildman–Crippen LogP) is 3.07. The fourth-order valence-corrected chi connectivity index (χ4v) is 2.37. The summed E-state index contributed by atoms with van der Waals surface area (Å²) in [6.07, 6.45) is 5.06. The summed E-state index contributed by atoms with van der Waals surface area (Å²) in [5.74, 6) is 0.686. The Hall–Kier alpha value is -2.09. The van der Waals surface area contributed by atoms with Gasteiger partial charge in [-0.05, 0) is 30.9 Å². The highest BCUT2D eigenvalue weighted by atomic mass is 16.6.